The maximum absolute atomic E-state index is 13.0. The van der Waals surface area contributed by atoms with Crippen LogP contribution in [0.25, 0.3) is 0 Å². The number of carbonyl (C=O) groups is 2. The molecule has 2 saturated heterocycles. The van der Waals surface area contributed by atoms with E-state index in [2.05, 4.69) is 10.6 Å². The van der Waals surface area contributed by atoms with Gasteiger partial charge in [-0.25, -0.2) is 13.2 Å². The van der Waals surface area contributed by atoms with E-state index in [4.69, 9.17) is 9.47 Å². The van der Waals surface area contributed by atoms with Crippen LogP contribution >= 0.6 is 0 Å². The van der Waals surface area contributed by atoms with Crippen molar-refractivity contribution in [2.45, 2.75) is 23.3 Å². The molecule has 2 aliphatic heterocycles. The zero-order chi connectivity index (χ0) is 18.2. The van der Waals surface area contributed by atoms with Gasteiger partial charge in [-0.3, -0.25) is 10.1 Å². The molecule has 0 unspecified atom stereocenters. The number of hydrogen-bond acceptors (Lipinski definition) is 6. The zero-order valence-electron chi connectivity index (χ0n) is 13.9. The predicted octanol–water partition coefficient (Wildman–Crippen LogP) is 0.0665. The van der Waals surface area contributed by atoms with Crippen LogP contribution in [0.1, 0.15) is 12.8 Å². The number of benzene rings is 1. The smallest absolute Gasteiger partial charge is 0.322 e. The van der Waals surface area contributed by atoms with E-state index in [1.54, 1.807) is 6.07 Å². The lowest BCUT2D eigenvalue weighted by atomic mass is 9.89. The molecule has 1 aromatic carbocycles. The fourth-order valence-corrected chi connectivity index (χ4v) is 4.73. The van der Waals surface area contributed by atoms with E-state index in [-0.39, 0.29) is 36.6 Å². The Kier molecular flexibility index (Phi) is 4.33. The zero-order valence-corrected chi connectivity index (χ0v) is 14.7. The normalized spacial score (nSPS) is 20.2. The largest absolute Gasteiger partial charge is 0.497 e. The van der Waals surface area contributed by atoms with Crippen LogP contribution in [-0.2, 0) is 14.8 Å². The molecule has 10 heteroatoms. The number of rotatable bonds is 4. The van der Waals surface area contributed by atoms with Crippen molar-refractivity contribution < 1.29 is 27.5 Å². The Morgan fingerprint density at radius 2 is 1.80 bits per heavy atom. The number of sulfonamides is 1. The highest BCUT2D eigenvalue weighted by atomic mass is 32.2. The van der Waals surface area contributed by atoms with Crippen molar-refractivity contribution in [2.75, 3.05) is 27.3 Å². The lowest BCUT2D eigenvalue weighted by Crippen LogP contribution is -2.55. The summed E-state index contributed by atoms with van der Waals surface area (Å²) in [6, 6.07) is 4.00. The average Bonchev–Trinajstić information content (AvgIpc) is 2.87. The molecule has 136 valence electrons. The molecule has 2 N–H and O–H groups in total. The fourth-order valence-electron chi connectivity index (χ4n) is 3.11. The number of piperidine rings is 1. The van der Waals surface area contributed by atoms with Crippen molar-refractivity contribution in [2.24, 2.45) is 0 Å². The summed E-state index contributed by atoms with van der Waals surface area (Å²) in [6.45, 7) is 0.215. The Morgan fingerprint density at radius 1 is 1.12 bits per heavy atom. The number of nitrogens with zero attached hydrogens (tertiary/aromatic N) is 1. The number of amides is 3. The number of ether oxygens (including phenoxy) is 2. The van der Waals surface area contributed by atoms with Crippen LogP contribution in [0.15, 0.2) is 23.1 Å². The second-order valence-electron chi connectivity index (χ2n) is 5.91. The van der Waals surface area contributed by atoms with Crippen LogP contribution in [-0.4, -0.2) is 57.5 Å². The number of urea groups is 1. The summed E-state index contributed by atoms with van der Waals surface area (Å²) < 4.78 is 37.5. The summed E-state index contributed by atoms with van der Waals surface area (Å²) >= 11 is 0. The van der Waals surface area contributed by atoms with E-state index in [0.29, 0.717) is 5.75 Å². The molecule has 0 aromatic heterocycles. The van der Waals surface area contributed by atoms with Gasteiger partial charge in [-0.15, -0.1) is 0 Å². The van der Waals surface area contributed by atoms with Gasteiger partial charge in [0.05, 0.1) is 14.2 Å². The molecule has 0 saturated carbocycles. The maximum Gasteiger partial charge on any atom is 0.322 e. The van der Waals surface area contributed by atoms with E-state index >= 15 is 0 Å². The maximum atomic E-state index is 13.0. The molecule has 2 fully saturated rings. The molecule has 2 heterocycles. The molecule has 0 atom stereocenters. The summed E-state index contributed by atoms with van der Waals surface area (Å²) in [6.07, 6.45) is 0.409. The van der Waals surface area contributed by atoms with Crippen molar-refractivity contribution >= 4 is 22.0 Å². The van der Waals surface area contributed by atoms with E-state index < -0.39 is 27.5 Å². The molecule has 0 aliphatic carbocycles. The number of carbonyl (C=O) groups excluding carboxylic acids is 2. The summed E-state index contributed by atoms with van der Waals surface area (Å²) in [5.74, 6) is 0.205. The first-order valence-corrected chi connectivity index (χ1v) is 9.12. The molecule has 3 amide bonds. The first-order chi connectivity index (χ1) is 11.8. The molecule has 0 radical (unpaired) electrons. The third-order valence-corrected chi connectivity index (χ3v) is 6.50. The lowest BCUT2D eigenvalue weighted by molar-refractivity contribution is -0.125. The van der Waals surface area contributed by atoms with Crippen molar-refractivity contribution in [3.63, 3.8) is 0 Å². The highest BCUT2D eigenvalue weighted by molar-refractivity contribution is 7.89. The van der Waals surface area contributed by atoms with Gasteiger partial charge in [-0.05, 0) is 25.0 Å². The van der Waals surface area contributed by atoms with Gasteiger partial charge < -0.3 is 14.8 Å². The SMILES string of the molecule is COc1ccc(OC)c(S(=O)(=O)N2CCC3(CC2)NC(=O)NC3=O)c1. The standard InChI is InChI=1S/C15H19N3O6S/c1-23-10-3-4-11(24-2)12(9-10)25(21,22)18-7-5-15(6-8-18)13(19)16-14(20)17-15/h3-4,9H,5-8H2,1-2H3,(H2,16,17,19,20). The van der Waals surface area contributed by atoms with Crippen molar-refractivity contribution in [1.82, 2.24) is 14.9 Å². The Hall–Kier alpha value is -2.33. The van der Waals surface area contributed by atoms with Gasteiger partial charge in [0.25, 0.3) is 5.91 Å². The topological polar surface area (TPSA) is 114 Å². The van der Waals surface area contributed by atoms with Crippen LogP contribution in [0, 0.1) is 0 Å². The molecule has 0 bridgehead atoms. The van der Waals surface area contributed by atoms with Crippen molar-refractivity contribution in [3.05, 3.63) is 18.2 Å². The predicted molar refractivity (Wildman–Crippen MR) is 86.9 cm³/mol. The van der Waals surface area contributed by atoms with E-state index in [0.717, 1.165) is 0 Å². The number of imide groups is 1. The van der Waals surface area contributed by atoms with Crippen LogP contribution in [0.5, 0.6) is 11.5 Å². The van der Waals surface area contributed by atoms with E-state index in [1.165, 1.54) is 30.7 Å². The molecular formula is C15H19N3O6S. The Morgan fingerprint density at radius 3 is 2.32 bits per heavy atom. The summed E-state index contributed by atoms with van der Waals surface area (Å²) in [5.41, 5.74) is -1.03. The van der Waals surface area contributed by atoms with Crippen molar-refractivity contribution in [3.8, 4) is 11.5 Å². The summed E-state index contributed by atoms with van der Waals surface area (Å²) in [7, 11) is -0.989. The third-order valence-electron chi connectivity index (χ3n) is 4.58. The molecule has 2 aliphatic rings. The van der Waals surface area contributed by atoms with Crippen LogP contribution in [0.3, 0.4) is 0 Å². The van der Waals surface area contributed by atoms with Gasteiger partial charge in [0, 0.05) is 19.2 Å². The number of hydrogen-bond donors (Lipinski definition) is 2. The average molecular weight is 369 g/mol. The summed E-state index contributed by atoms with van der Waals surface area (Å²) in [4.78, 5) is 23.4. The molecule has 25 heavy (non-hydrogen) atoms. The Balaban J connectivity index is 1.86. The number of nitrogens with one attached hydrogen (secondary N) is 2. The monoisotopic (exact) mass is 369 g/mol. The first-order valence-electron chi connectivity index (χ1n) is 7.68. The molecule has 3 rings (SSSR count). The summed E-state index contributed by atoms with van der Waals surface area (Å²) in [5, 5.41) is 4.81. The third kappa shape index (κ3) is 2.91. The minimum atomic E-state index is -3.83. The van der Waals surface area contributed by atoms with E-state index in [1.807, 2.05) is 0 Å². The van der Waals surface area contributed by atoms with Gasteiger partial charge in [0.15, 0.2) is 0 Å². The highest BCUT2D eigenvalue weighted by Gasteiger charge is 2.49. The van der Waals surface area contributed by atoms with Crippen LogP contribution < -0.4 is 20.1 Å². The molecular weight excluding hydrogens is 350 g/mol. The fraction of sp³-hybridized carbons (Fsp3) is 0.467. The number of methoxy groups -OCH3 is 2. The van der Waals surface area contributed by atoms with Crippen LogP contribution in [0.4, 0.5) is 4.79 Å². The van der Waals surface area contributed by atoms with Gasteiger partial charge in [-0.1, -0.05) is 0 Å². The highest BCUT2D eigenvalue weighted by Crippen LogP contribution is 2.34. The van der Waals surface area contributed by atoms with Crippen LogP contribution in [0.2, 0.25) is 0 Å². The van der Waals surface area contributed by atoms with Gasteiger partial charge in [-0.2, -0.15) is 4.31 Å². The molecule has 1 aromatic rings. The second kappa shape index (κ2) is 6.19. The quantitative estimate of drug-likeness (QED) is 0.726. The van der Waals surface area contributed by atoms with Gasteiger partial charge in [0.1, 0.15) is 21.9 Å². The molecule has 9 nitrogen and oxygen atoms in total. The minimum absolute atomic E-state index is 0.00482. The van der Waals surface area contributed by atoms with E-state index in [9.17, 15) is 18.0 Å². The minimum Gasteiger partial charge on any atom is -0.497 e. The Bertz CT molecular complexity index is 815. The van der Waals surface area contributed by atoms with Gasteiger partial charge in [0.2, 0.25) is 10.0 Å². The van der Waals surface area contributed by atoms with Crippen molar-refractivity contribution in [1.29, 1.82) is 0 Å². The van der Waals surface area contributed by atoms with Gasteiger partial charge >= 0.3 is 6.03 Å². The lowest BCUT2D eigenvalue weighted by Gasteiger charge is -2.36. The Labute approximate surface area is 145 Å². The first kappa shape index (κ1) is 17.5. The molecule has 1 spiro atoms. The second-order valence-corrected chi connectivity index (χ2v) is 7.82.